The summed E-state index contributed by atoms with van der Waals surface area (Å²) in [5.74, 6) is 0.280. The van der Waals surface area contributed by atoms with E-state index in [-0.39, 0.29) is 5.91 Å². The van der Waals surface area contributed by atoms with Crippen molar-refractivity contribution in [3.63, 3.8) is 0 Å². The molecule has 0 aliphatic carbocycles. The first kappa shape index (κ1) is 19.0. The molecule has 0 spiro atoms. The maximum atomic E-state index is 12.6. The van der Waals surface area contributed by atoms with Crippen LogP contribution in [0, 0.1) is 0 Å². The third kappa shape index (κ3) is 4.57. The van der Waals surface area contributed by atoms with Crippen molar-refractivity contribution in [3.05, 3.63) is 70.9 Å². The Balaban J connectivity index is 1.22. The molecule has 0 radical (unpaired) electrons. The second-order valence-corrected chi connectivity index (χ2v) is 7.94. The molecule has 0 saturated carbocycles. The highest BCUT2D eigenvalue weighted by Gasteiger charge is 2.20. The maximum absolute atomic E-state index is 12.6. The Morgan fingerprint density at radius 1 is 1.04 bits per heavy atom. The number of para-hydroxylation sites is 1. The lowest BCUT2D eigenvalue weighted by molar-refractivity contribution is -0.133. The second kappa shape index (κ2) is 8.80. The van der Waals surface area contributed by atoms with Crippen LogP contribution in [0.25, 0.3) is 10.9 Å². The first-order chi connectivity index (χ1) is 13.7. The van der Waals surface area contributed by atoms with Crippen LogP contribution in [0.4, 0.5) is 0 Å². The fourth-order valence-electron chi connectivity index (χ4n) is 3.98. The van der Waals surface area contributed by atoms with Crippen molar-refractivity contribution in [1.29, 1.82) is 0 Å². The Morgan fingerprint density at radius 2 is 1.86 bits per heavy atom. The number of carbonyl (C=O) groups is 1. The Hall–Kier alpha value is -2.30. The molecule has 1 amide bonds. The van der Waals surface area contributed by atoms with Gasteiger partial charge in [-0.05, 0) is 42.2 Å². The highest BCUT2D eigenvalue weighted by Crippen LogP contribution is 2.20. The summed E-state index contributed by atoms with van der Waals surface area (Å²) in [5, 5.41) is 2.05. The second-order valence-electron chi connectivity index (χ2n) is 7.50. The number of aromatic nitrogens is 1. The van der Waals surface area contributed by atoms with E-state index >= 15 is 0 Å². The lowest BCUT2D eigenvalue weighted by atomic mass is 10.1. The molecule has 1 aliphatic rings. The summed E-state index contributed by atoms with van der Waals surface area (Å²) in [5.41, 5.74) is 3.69. The summed E-state index contributed by atoms with van der Waals surface area (Å²) < 4.78 is 0. The number of benzene rings is 2. The molecular weight excluding hydrogens is 370 g/mol. The monoisotopic (exact) mass is 395 g/mol. The van der Waals surface area contributed by atoms with Gasteiger partial charge in [-0.2, -0.15) is 0 Å². The summed E-state index contributed by atoms with van der Waals surface area (Å²) in [6.07, 6.45) is 4.52. The molecule has 1 aromatic heterocycles. The fraction of sp³-hybridized carbons (Fsp3) is 0.348. The lowest BCUT2D eigenvalue weighted by Gasteiger charge is -2.34. The van der Waals surface area contributed by atoms with E-state index in [4.69, 9.17) is 11.6 Å². The predicted octanol–water partition coefficient (Wildman–Crippen LogP) is 4.49. The molecule has 1 aliphatic heterocycles. The molecule has 2 aromatic carbocycles. The van der Waals surface area contributed by atoms with Gasteiger partial charge in [-0.3, -0.25) is 9.69 Å². The average molecular weight is 396 g/mol. The number of rotatable bonds is 6. The highest BCUT2D eigenvalue weighted by atomic mass is 35.5. The van der Waals surface area contributed by atoms with Crippen LogP contribution in [-0.4, -0.2) is 46.9 Å². The van der Waals surface area contributed by atoms with Crippen LogP contribution >= 0.6 is 11.6 Å². The van der Waals surface area contributed by atoms with Crippen LogP contribution < -0.4 is 0 Å². The fourth-order valence-corrected chi connectivity index (χ4v) is 4.19. The van der Waals surface area contributed by atoms with Crippen molar-refractivity contribution in [2.75, 3.05) is 26.2 Å². The molecule has 2 heterocycles. The van der Waals surface area contributed by atoms with Gasteiger partial charge < -0.3 is 9.88 Å². The number of aromatic amines is 1. The third-order valence-corrected chi connectivity index (χ3v) is 5.77. The molecule has 5 heteroatoms. The summed E-state index contributed by atoms with van der Waals surface area (Å²) in [7, 11) is 0. The normalized spacial score (nSPS) is 15.2. The van der Waals surface area contributed by atoms with E-state index in [1.54, 1.807) is 0 Å². The molecule has 0 bridgehead atoms. The van der Waals surface area contributed by atoms with Crippen LogP contribution in [-0.2, 0) is 17.8 Å². The van der Waals surface area contributed by atoms with Crippen molar-refractivity contribution in [2.24, 2.45) is 0 Å². The van der Waals surface area contributed by atoms with Gasteiger partial charge in [0.05, 0.1) is 0 Å². The van der Waals surface area contributed by atoms with Crippen molar-refractivity contribution in [3.8, 4) is 0 Å². The van der Waals surface area contributed by atoms with E-state index in [0.29, 0.717) is 6.42 Å². The number of nitrogens with zero attached hydrogens (tertiary/aromatic N) is 2. The SMILES string of the molecule is O=C(CCCc1c[nH]c2ccccc12)N1CCN(Cc2cccc(Cl)c2)CC1. The van der Waals surface area contributed by atoms with Crippen molar-refractivity contribution < 1.29 is 4.79 Å². The highest BCUT2D eigenvalue weighted by molar-refractivity contribution is 6.30. The zero-order valence-electron chi connectivity index (χ0n) is 16.0. The molecule has 0 unspecified atom stereocenters. The molecule has 1 fully saturated rings. The first-order valence-corrected chi connectivity index (χ1v) is 10.4. The summed E-state index contributed by atoms with van der Waals surface area (Å²) >= 11 is 6.07. The number of fused-ring (bicyclic) bond motifs is 1. The minimum atomic E-state index is 0.280. The van der Waals surface area contributed by atoms with Crippen LogP contribution in [0.5, 0.6) is 0 Å². The minimum absolute atomic E-state index is 0.280. The number of H-pyrrole nitrogens is 1. The summed E-state index contributed by atoms with van der Waals surface area (Å²) in [6, 6.07) is 16.3. The topological polar surface area (TPSA) is 39.3 Å². The number of halogens is 1. The Kier molecular flexibility index (Phi) is 5.98. The van der Waals surface area contributed by atoms with Gasteiger partial charge in [-0.25, -0.2) is 0 Å². The van der Waals surface area contributed by atoms with Crippen LogP contribution in [0.15, 0.2) is 54.7 Å². The van der Waals surface area contributed by atoms with Gasteiger partial charge in [0.1, 0.15) is 0 Å². The summed E-state index contributed by atoms with van der Waals surface area (Å²) in [6.45, 7) is 4.35. The summed E-state index contributed by atoms with van der Waals surface area (Å²) in [4.78, 5) is 20.3. The number of piperazine rings is 1. The molecule has 1 N–H and O–H groups in total. The largest absolute Gasteiger partial charge is 0.361 e. The van der Waals surface area contributed by atoms with Gasteiger partial charge in [0.2, 0.25) is 5.91 Å². The van der Waals surface area contributed by atoms with Crippen LogP contribution in [0.3, 0.4) is 0 Å². The first-order valence-electron chi connectivity index (χ1n) is 9.98. The van der Waals surface area contributed by atoms with Gasteiger partial charge in [-0.1, -0.05) is 41.9 Å². The Bertz CT molecular complexity index is 944. The standard InChI is InChI=1S/C23H26ClN3O/c24-20-7-3-5-18(15-20)17-26-11-13-27(14-12-26)23(28)10-4-6-19-16-25-22-9-2-1-8-21(19)22/h1-3,5,7-9,15-16,25H,4,6,10-14,17H2. The predicted molar refractivity (Wildman–Crippen MR) is 115 cm³/mol. The maximum Gasteiger partial charge on any atom is 0.222 e. The molecule has 4 nitrogen and oxygen atoms in total. The van der Waals surface area contributed by atoms with Gasteiger partial charge in [0.15, 0.2) is 0 Å². The lowest BCUT2D eigenvalue weighted by Crippen LogP contribution is -2.48. The smallest absolute Gasteiger partial charge is 0.222 e. The molecule has 28 heavy (non-hydrogen) atoms. The Labute approximate surface area is 171 Å². The average Bonchev–Trinajstić information content (AvgIpc) is 3.12. The molecule has 146 valence electrons. The van der Waals surface area contributed by atoms with Gasteiger partial charge in [-0.15, -0.1) is 0 Å². The van der Waals surface area contributed by atoms with Crippen LogP contribution in [0.1, 0.15) is 24.0 Å². The zero-order valence-corrected chi connectivity index (χ0v) is 16.8. The molecule has 0 atom stereocenters. The van der Waals surface area contributed by atoms with E-state index in [0.717, 1.165) is 50.6 Å². The van der Waals surface area contributed by atoms with Gasteiger partial charge in [0, 0.05) is 61.3 Å². The number of amides is 1. The number of nitrogens with one attached hydrogen (secondary N) is 1. The minimum Gasteiger partial charge on any atom is -0.361 e. The van der Waals surface area contributed by atoms with Crippen molar-refractivity contribution in [2.45, 2.75) is 25.8 Å². The van der Waals surface area contributed by atoms with Crippen molar-refractivity contribution in [1.82, 2.24) is 14.8 Å². The van der Waals surface area contributed by atoms with Crippen LogP contribution in [0.2, 0.25) is 5.02 Å². The molecule has 1 saturated heterocycles. The van der Waals surface area contributed by atoms with E-state index < -0.39 is 0 Å². The van der Waals surface area contributed by atoms with E-state index in [2.05, 4.69) is 40.3 Å². The number of carbonyl (C=O) groups excluding carboxylic acids is 1. The van der Waals surface area contributed by atoms with E-state index in [9.17, 15) is 4.79 Å². The zero-order chi connectivity index (χ0) is 19.3. The van der Waals surface area contributed by atoms with Crippen molar-refractivity contribution >= 4 is 28.4 Å². The van der Waals surface area contributed by atoms with E-state index in [1.807, 2.05) is 29.2 Å². The third-order valence-electron chi connectivity index (χ3n) is 5.53. The van der Waals surface area contributed by atoms with E-state index in [1.165, 1.54) is 22.0 Å². The number of aryl methyl sites for hydroxylation is 1. The van der Waals surface area contributed by atoms with Gasteiger partial charge >= 0.3 is 0 Å². The number of hydrogen-bond donors (Lipinski definition) is 1. The number of hydrogen-bond acceptors (Lipinski definition) is 2. The van der Waals surface area contributed by atoms with Gasteiger partial charge in [0.25, 0.3) is 0 Å². The quantitative estimate of drug-likeness (QED) is 0.668. The Morgan fingerprint density at radius 3 is 2.68 bits per heavy atom. The molecular formula is C23H26ClN3O. The molecule has 4 rings (SSSR count). The molecule has 3 aromatic rings.